The Morgan fingerprint density at radius 3 is 2.29 bits per heavy atom. The van der Waals surface area contributed by atoms with Crippen molar-refractivity contribution in [2.75, 3.05) is 0 Å². The molecule has 0 saturated carbocycles. The third-order valence-corrected chi connectivity index (χ3v) is 2.26. The van der Waals surface area contributed by atoms with Gasteiger partial charge in [0.15, 0.2) is 0 Å². The van der Waals surface area contributed by atoms with Gasteiger partial charge in [0, 0.05) is 6.20 Å². The van der Waals surface area contributed by atoms with Gasteiger partial charge in [-0.3, -0.25) is 0 Å². The van der Waals surface area contributed by atoms with Crippen LogP contribution < -0.4 is 0 Å². The maximum atomic E-state index is 9.13. The number of aryl methyl sites for hydroxylation is 2. The molecule has 1 aromatic carbocycles. The monoisotopic (exact) mass is 188 g/mol. The summed E-state index contributed by atoms with van der Waals surface area (Å²) in [5, 5.41) is 13.5. The molecule has 1 heterocycles. The lowest BCUT2D eigenvalue weighted by molar-refractivity contribution is 0.475. The van der Waals surface area contributed by atoms with Gasteiger partial charge in [0.1, 0.15) is 5.75 Å². The number of aromatic hydroxyl groups is 1. The highest BCUT2D eigenvalue weighted by molar-refractivity contribution is 5.37. The minimum atomic E-state index is 0.273. The second kappa shape index (κ2) is 3.18. The average Bonchev–Trinajstić information content (AvgIpc) is 2.48. The zero-order chi connectivity index (χ0) is 10.1. The molecule has 1 aromatic heterocycles. The number of rotatable bonds is 1. The minimum Gasteiger partial charge on any atom is -0.508 e. The van der Waals surface area contributed by atoms with Crippen LogP contribution in [0.4, 0.5) is 0 Å². The van der Waals surface area contributed by atoms with Crippen LogP contribution in [-0.4, -0.2) is 14.9 Å². The predicted molar refractivity (Wildman–Crippen MR) is 54.7 cm³/mol. The van der Waals surface area contributed by atoms with E-state index in [0.717, 1.165) is 16.9 Å². The predicted octanol–water partition coefficient (Wildman–Crippen LogP) is 2.19. The molecule has 3 heteroatoms. The van der Waals surface area contributed by atoms with Crippen molar-refractivity contribution >= 4 is 0 Å². The van der Waals surface area contributed by atoms with E-state index in [1.54, 1.807) is 12.1 Å². The van der Waals surface area contributed by atoms with E-state index in [9.17, 15) is 0 Å². The van der Waals surface area contributed by atoms with Gasteiger partial charge in [-0.05, 0) is 43.7 Å². The quantitative estimate of drug-likeness (QED) is 0.745. The second-order valence-electron chi connectivity index (χ2n) is 3.36. The lowest BCUT2D eigenvalue weighted by Gasteiger charge is -2.00. The average molecular weight is 188 g/mol. The number of hydrogen-bond acceptors (Lipinski definition) is 2. The largest absolute Gasteiger partial charge is 0.508 e. The van der Waals surface area contributed by atoms with E-state index in [-0.39, 0.29) is 5.75 Å². The zero-order valence-electron chi connectivity index (χ0n) is 8.23. The highest BCUT2D eigenvalue weighted by Gasteiger charge is 2.01. The van der Waals surface area contributed by atoms with Crippen LogP contribution in [0.1, 0.15) is 11.3 Å². The van der Waals surface area contributed by atoms with Crippen molar-refractivity contribution in [1.82, 2.24) is 9.78 Å². The smallest absolute Gasteiger partial charge is 0.115 e. The molecule has 0 atom stereocenters. The van der Waals surface area contributed by atoms with Crippen molar-refractivity contribution in [2.45, 2.75) is 13.8 Å². The molecule has 0 fully saturated rings. The van der Waals surface area contributed by atoms with Crippen molar-refractivity contribution in [3.05, 3.63) is 41.7 Å². The molecule has 0 aliphatic carbocycles. The highest BCUT2D eigenvalue weighted by atomic mass is 16.3. The molecular formula is C11H12N2O. The highest BCUT2D eigenvalue weighted by Crippen LogP contribution is 2.14. The Hall–Kier alpha value is -1.77. The summed E-state index contributed by atoms with van der Waals surface area (Å²) in [5.74, 6) is 0.273. The first kappa shape index (κ1) is 8.81. The van der Waals surface area contributed by atoms with Crippen molar-refractivity contribution in [2.24, 2.45) is 0 Å². The Bertz CT molecular complexity index is 423. The van der Waals surface area contributed by atoms with Gasteiger partial charge in [-0.15, -0.1) is 0 Å². The van der Waals surface area contributed by atoms with E-state index in [1.807, 2.05) is 36.9 Å². The Morgan fingerprint density at radius 2 is 1.79 bits per heavy atom. The normalized spacial score (nSPS) is 10.4. The molecule has 3 nitrogen and oxygen atoms in total. The molecule has 2 aromatic rings. The lowest BCUT2D eigenvalue weighted by atomic mass is 10.3. The number of benzene rings is 1. The van der Waals surface area contributed by atoms with Gasteiger partial charge >= 0.3 is 0 Å². The van der Waals surface area contributed by atoms with E-state index >= 15 is 0 Å². The van der Waals surface area contributed by atoms with Gasteiger partial charge in [-0.25, -0.2) is 4.68 Å². The molecule has 0 aliphatic heterocycles. The van der Waals surface area contributed by atoms with Crippen molar-refractivity contribution in [1.29, 1.82) is 0 Å². The molecule has 0 spiro atoms. The molecular weight excluding hydrogens is 176 g/mol. The Labute approximate surface area is 82.6 Å². The minimum absolute atomic E-state index is 0.273. The van der Waals surface area contributed by atoms with E-state index in [2.05, 4.69) is 5.10 Å². The van der Waals surface area contributed by atoms with E-state index < -0.39 is 0 Å². The third-order valence-electron chi connectivity index (χ3n) is 2.26. The standard InChI is InChI=1S/C11H12N2O/c1-8-7-13(12-9(8)2)10-3-5-11(14)6-4-10/h3-7,14H,1-2H3. The summed E-state index contributed by atoms with van der Waals surface area (Å²) in [6.07, 6.45) is 1.97. The fraction of sp³-hybridized carbons (Fsp3) is 0.182. The van der Waals surface area contributed by atoms with E-state index in [0.29, 0.717) is 0 Å². The summed E-state index contributed by atoms with van der Waals surface area (Å²) in [5.41, 5.74) is 3.15. The summed E-state index contributed by atoms with van der Waals surface area (Å²) < 4.78 is 1.81. The van der Waals surface area contributed by atoms with Gasteiger partial charge in [0.05, 0.1) is 11.4 Å². The van der Waals surface area contributed by atoms with Gasteiger partial charge in [-0.1, -0.05) is 0 Å². The molecule has 0 saturated heterocycles. The first-order valence-electron chi connectivity index (χ1n) is 4.49. The first-order valence-corrected chi connectivity index (χ1v) is 4.49. The van der Waals surface area contributed by atoms with Crippen molar-refractivity contribution in [3.8, 4) is 11.4 Å². The summed E-state index contributed by atoms with van der Waals surface area (Å²) in [7, 11) is 0. The van der Waals surface area contributed by atoms with Gasteiger partial charge in [0.2, 0.25) is 0 Å². The molecule has 0 amide bonds. The first-order chi connectivity index (χ1) is 6.66. The van der Waals surface area contributed by atoms with Crippen LogP contribution in [0.2, 0.25) is 0 Å². The Balaban J connectivity index is 2.44. The van der Waals surface area contributed by atoms with Crippen LogP contribution in [0.15, 0.2) is 30.5 Å². The Morgan fingerprint density at radius 1 is 1.14 bits per heavy atom. The van der Waals surface area contributed by atoms with Crippen LogP contribution in [0.25, 0.3) is 5.69 Å². The maximum absolute atomic E-state index is 9.13. The van der Waals surface area contributed by atoms with Gasteiger partial charge in [-0.2, -0.15) is 5.10 Å². The molecule has 2 rings (SSSR count). The van der Waals surface area contributed by atoms with E-state index in [4.69, 9.17) is 5.11 Å². The zero-order valence-corrected chi connectivity index (χ0v) is 8.23. The fourth-order valence-corrected chi connectivity index (χ4v) is 1.28. The fourth-order valence-electron chi connectivity index (χ4n) is 1.28. The number of nitrogens with zero attached hydrogens (tertiary/aromatic N) is 2. The van der Waals surface area contributed by atoms with Gasteiger partial charge in [0.25, 0.3) is 0 Å². The maximum Gasteiger partial charge on any atom is 0.115 e. The number of phenolic OH excluding ortho intramolecular Hbond substituents is 1. The lowest BCUT2D eigenvalue weighted by Crippen LogP contribution is -1.93. The van der Waals surface area contributed by atoms with Crippen LogP contribution in [0.5, 0.6) is 5.75 Å². The molecule has 1 N–H and O–H groups in total. The van der Waals surface area contributed by atoms with Crippen LogP contribution in [0.3, 0.4) is 0 Å². The summed E-state index contributed by atoms with van der Waals surface area (Å²) in [4.78, 5) is 0. The van der Waals surface area contributed by atoms with Gasteiger partial charge < -0.3 is 5.11 Å². The van der Waals surface area contributed by atoms with Crippen LogP contribution in [-0.2, 0) is 0 Å². The molecule has 0 radical (unpaired) electrons. The topological polar surface area (TPSA) is 38.0 Å². The van der Waals surface area contributed by atoms with Crippen molar-refractivity contribution in [3.63, 3.8) is 0 Å². The van der Waals surface area contributed by atoms with Crippen molar-refractivity contribution < 1.29 is 5.11 Å². The number of hydrogen-bond donors (Lipinski definition) is 1. The second-order valence-corrected chi connectivity index (χ2v) is 3.36. The van der Waals surface area contributed by atoms with Crippen LogP contribution >= 0.6 is 0 Å². The molecule has 0 bridgehead atoms. The number of phenols is 1. The third kappa shape index (κ3) is 1.48. The van der Waals surface area contributed by atoms with E-state index in [1.165, 1.54) is 0 Å². The summed E-state index contributed by atoms with van der Waals surface area (Å²) in [6.45, 7) is 4.01. The molecule has 0 unspecified atom stereocenters. The molecule has 14 heavy (non-hydrogen) atoms. The molecule has 72 valence electrons. The Kier molecular flexibility index (Phi) is 2.00. The molecule has 0 aliphatic rings. The summed E-state index contributed by atoms with van der Waals surface area (Å²) in [6, 6.07) is 6.98. The number of aromatic nitrogens is 2. The summed E-state index contributed by atoms with van der Waals surface area (Å²) >= 11 is 0. The SMILES string of the molecule is Cc1cn(-c2ccc(O)cc2)nc1C. The van der Waals surface area contributed by atoms with Crippen LogP contribution in [0, 0.1) is 13.8 Å².